The minimum atomic E-state index is -1.40. The molecule has 1 aromatic rings. The van der Waals surface area contributed by atoms with Crippen LogP contribution in [0.2, 0.25) is 0 Å². The van der Waals surface area contributed by atoms with E-state index in [-0.39, 0.29) is 24.1 Å². The monoisotopic (exact) mass is 408 g/mol. The molecule has 1 amide bonds. The number of carboxylic acids is 1. The van der Waals surface area contributed by atoms with Crippen LogP contribution in [0.4, 0.5) is 0 Å². The SMILES string of the molecule is COC(=O)[C@](C)(Cc1ccc(O)cc1)N(CCC(C)(C)C)C(=O)[C@@H](N)CC(=O)O. The van der Waals surface area contributed by atoms with Gasteiger partial charge in [0.1, 0.15) is 11.3 Å². The van der Waals surface area contributed by atoms with E-state index in [0.717, 1.165) is 0 Å². The smallest absolute Gasteiger partial charge is 0.331 e. The third-order valence-corrected chi connectivity index (χ3v) is 4.77. The summed E-state index contributed by atoms with van der Waals surface area (Å²) in [5.41, 5.74) is 5.02. The summed E-state index contributed by atoms with van der Waals surface area (Å²) in [6.45, 7) is 7.80. The number of aliphatic carboxylic acids is 1. The van der Waals surface area contributed by atoms with Crippen LogP contribution in [0.3, 0.4) is 0 Å². The minimum absolute atomic E-state index is 0.0812. The number of nitrogens with zero attached hydrogens (tertiary/aromatic N) is 1. The van der Waals surface area contributed by atoms with Crippen LogP contribution in [0.1, 0.15) is 46.1 Å². The van der Waals surface area contributed by atoms with Gasteiger partial charge in [0.05, 0.1) is 19.6 Å². The summed E-state index contributed by atoms with van der Waals surface area (Å²) >= 11 is 0. The molecule has 0 aliphatic rings. The third-order valence-electron chi connectivity index (χ3n) is 4.77. The summed E-state index contributed by atoms with van der Waals surface area (Å²) in [6.07, 6.45) is 0.150. The second-order valence-corrected chi connectivity index (χ2v) is 8.61. The van der Waals surface area contributed by atoms with E-state index in [4.69, 9.17) is 15.6 Å². The van der Waals surface area contributed by atoms with E-state index in [2.05, 4.69) is 0 Å². The molecule has 29 heavy (non-hydrogen) atoms. The molecule has 2 atom stereocenters. The second kappa shape index (κ2) is 9.73. The molecule has 1 rings (SSSR count). The average Bonchev–Trinajstić information content (AvgIpc) is 2.61. The van der Waals surface area contributed by atoms with Crippen molar-refractivity contribution >= 4 is 17.8 Å². The van der Waals surface area contributed by atoms with Crippen molar-refractivity contribution in [2.24, 2.45) is 11.1 Å². The molecule has 4 N–H and O–H groups in total. The Morgan fingerprint density at radius 2 is 1.69 bits per heavy atom. The van der Waals surface area contributed by atoms with Gasteiger partial charge in [-0.25, -0.2) is 4.79 Å². The van der Waals surface area contributed by atoms with Crippen molar-refractivity contribution in [2.75, 3.05) is 13.7 Å². The Bertz CT molecular complexity index is 726. The molecule has 0 saturated carbocycles. The predicted octanol–water partition coefficient (Wildman–Crippen LogP) is 1.93. The minimum Gasteiger partial charge on any atom is -0.508 e. The number of rotatable bonds is 9. The van der Waals surface area contributed by atoms with Gasteiger partial charge < -0.3 is 25.6 Å². The van der Waals surface area contributed by atoms with Crippen molar-refractivity contribution in [1.29, 1.82) is 0 Å². The first-order chi connectivity index (χ1) is 13.3. The molecule has 162 valence electrons. The van der Waals surface area contributed by atoms with Crippen LogP contribution in [-0.4, -0.2) is 58.2 Å². The number of aromatic hydroxyl groups is 1. The first-order valence-electron chi connectivity index (χ1n) is 9.45. The fraction of sp³-hybridized carbons (Fsp3) is 0.571. The number of carboxylic acid groups (broad SMARTS) is 1. The fourth-order valence-corrected chi connectivity index (χ4v) is 3.03. The number of phenols is 1. The molecule has 0 unspecified atom stereocenters. The highest BCUT2D eigenvalue weighted by Gasteiger charge is 2.45. The lowest BCUT2D eigenvalue weighted by molar-refractivity contribution is -0.162. The largest absolute Gasteiger partial charge is 0.508 e. The lowest BCUT2D eigenvalue weighted by Crippen LogP contribution is -2.61. The summed E-state index contributed by atoms with van der Waals surface area (Å²) in [6, 6.07) is 5.01. The van der Waals surface area contributed by atoms with Gasteiger partial charge in [0.15, 0.2) is 0 Å². The topological polar surface area (TPSA) is 130 Å². The Hall–Kier alpha value is -2.61. The van der Waals surface area contributed by atoms with Gasteiger partial charge in [-0.05, 0) is 36.5 Å². The lowest BCUT2D eigenvalue weighted by atomic mass is 9.87. The summed E-state index contributed by atoms with van der Waals surface area (Å²) in [4.78, 5) is 38.3. The van der Waals surface area contributed by atoms with Crippen molar-refractivity contribution in [3.63, 3.8) is 0 Å². The van der Waals surface area contributed by atoms with E-state index in [1.54, 1.807) is 19.1 Å². The fourth-order valence-electron chi connectivity index (χ4n) is 3.03. The first-order valence-corrected chi connectivity index (χ1v) is 9.45. The molecule has 0 heterocycles. The number of benzene rings is 1. The van der Waals surface area contributed by atoms with E-state index in [9.17, 15) is 19.5 Å². The number of carbonyl (C=O) groups is 3. The number of esters is 1. The van der Waals surface area contributed by atoms with E-state index in [0.29, 0.717) is 12.0 Å². The summed E-state index contributed by atoms with van der Waals surface area (Å²) in [5, 5.41) is 18.5. The van der Waals surface area contributed by atoms with Crippen molar-refractivity contribution in [3.8, 4) is 5.75 Å². The quantitative estimate of drug-likeness (QED) is 0.532. The molecule has 0 aliphatic heterocycles. The summed E-state index contributed by atoms with van der Waals surface area (Å²) in [7, 11) is 1.24. The van der Waals surface area contributed by atoms with Gasteiger partial charge in [-0.2, -0.15) is 0 Å². The Balaban J connectivity index is 3.36. The average molecular weight is 408 g/mol. The van der Waals surface area contributed by atoms with Crippen molar-refractivity contribution in [3.05, 3.63) is 29.8 Å². The van der Waals surface area contributed by atoms with Gasteiger partial charge in [0.2, 0.25) is 5.91 Å². The molecular formula is C21H32N2O6. The molecule has 0 spiro atoms. The summed E-state index contributed by atoms with van der Waals surface area (Å²) in [5.74, 6) is -2.36. The van der Waals surface area contributed by atoms with Gasteiger partial charge in [0, 0.05) is 13.0 Å². The van der Waals surface area contributed by atoms with Crippen LogP contribution in [0.5, 0.6) is 5.75 Å². The number of hydrogen-bond donors (Lipinski definition) is 3. The number of carbonyl (C=O) groups excluding carboxylic acids is 2. The van der Waals surface area contributed by atoms with Gasteiger partial charge in [0.25, 0.3) is 0 Å². The highest BCUT2D eigenvalue weighted by molar-refractivity contribution is 5.92. The Morgan fingerprint density at radius 1 is 1.14 bits per heavy atom. The molecule has 8 heteroatoms. The highest BCUT2D eigenvalue weighted by atomic mass is 16.5. The molecule has 0 saturated heterocycles. The van der Waals surface area contributed by atoms with Gasteiger partial charge in [-0.3, -0.25) is 9.59 Å². The number of methoxy groups -OCH3 is 1. The maximum absolute atomic E-state index is 13.1. The van der Waals surface area contributed by atoms with Crippen molar-refractivity contribution in [2.45, 2.75) is 58.5 Å². The zero-order chi connectivity index (χ0) is 22.4. The van der Waals surface area contributed by atoms with Crippen LogP contribution in [-0.2, 0) is 25.5 Å². The Kier molecular flexibility index (Phi) is 8.20. The number of phenolic OH excluding ortho intramolecular Hbond substituents is 1. The predicted molar refractivity (Wildman–Crippen MR) is 108 cm³/mol. The van der Waals surface area contributed by atoms with E-state index < -0.39 is 35.8 Å². The zero-order valence-corrected chi connectivity index (χ0v) is 17.8. The van der Waals surface area contributed by atoms with Crippen LogP contribution < -0.4 is 5.73 Å². The molecular weight excluding hydrogens is 376 g/mol. The van der Waals surface area contributed by atoms with Crippen LogP contribution in [0.25, 0.3) is 0 Å². The van der Waals surface area contributed by atoms with Crippen molar-refractivity contribution in [1.82, 2.24) is 4.90 Å². The van der Waals surface area contributed by atoms with E-state index in [1.807, 2.05) is 20.8 Å². The maximum atomic E-state index is 13.1. The Labute approximate surface area is 171 Å². The van der Waals surface area contributed by atoms with Gasteiger partial charge in [-0.15, -0.1) is 0 Å². The molecule has 0 aliphatic carbocycles. The molecule has 0 bridgehead atoms. The second-order valence-electron chi connectivity index (χ2n) is 8.61. The van der Waals surface area contributed by atoms with E-state index >= 15 is 0 Å². The first kappa shape index (κ1) is 24.4. The van der Waals surface area contributed by atoms with Gasteiger partial charge >= 0.3 is 11.9 Å². The van der Waals surface area contributed by atoms with Gasteiger partial charge in [-0.1, -0.05) is 32.9 Å². The number of amides is 1. The maximum Gasteiger partial charge on any atom is 0.331 e. The highest BCUT2D eigenvalue weighted by Crippen LogP contribution is 2.28. The molecule has 0 fully saturated rings. The molecule has 0 aromatic heterocycles. The number of nitrogens with two attached hydrogens (primary N) is 1. The molecule has 8 nitrogen and oxygen atoms in total. The number of hydrogen-bond acceptors (Lipinski definition) is 6. The third kappa shape index (κ3) is 7.05. The molecule has 1 aromatic carbocycles. The van der Waals surface area contributed by atoms with Crippen LogP contribution in [0, 0.1) is 5.41 Å². The van der Waals surface area contributed by atoms with E-state index in [1.165, 1.54) is 24.1 Å². The van der Waals surface area contributed by atoms with Crippen LogP contribution in [0.15, 0.2) is 24.3 Å². The standard InChI is InChI=1S/C21H32N2O6/c1-20(2,3)10-11-23(18(27)16(22)12-17(25)26)21(4,19(28)29-5)13-14-6-8-15(24)9-7-14/h6-9,16,24H,10-13,22H2,1-5H3,(H,25,26)/t16-,21-/m0/s1. The number of ether oxygens (including phenoxy) is 1. The van der Waals surface area contributed by atoms with Crippen molar-refractivity contribution < 1.29 is 29.3 Å². The molecule has 0 radical (unpaired) electrons. The zero-order valence-electron chi connectivity index (χ0n) is 17.8. The summed E-state index contributed by atoms with van der Waals surface area (Å²) < 4.78 is 5.00. The normalized spacial score (nSPS) is 14.6. The van der Waals surface area contributed by atoms with Crippen LogP contribution >= 0.6 is 0 Å². The lowest BCUT2D eigenvalue weighted by Gasteiger charge is -2.41. The Morgan fingerprint density at radius 3 is 2.14 bits per heavy atom.